The third kappa shape index (κ3) is 2.59. The summed E-state index contributed by atoms with van der Waals surface area (Å²) < 4.78 is 5.01. The number of benzene rings is 2. The van der Waals surface area contributed by atoms with E-state index in [0.29, 0.717) is 30.8 Å². The first-order chi connectivity index (χ1) is 13.6. The van der Waals surface area contributed by atoms with Gasteiger partial charge in [-0.15, -0.1) is 0 Å². The van der Waals surface area contributed by atoms with Gasteiger partial charge in [0.1, 0.15) is 6.61 Å². The molecule has 144 valence electrons. The second-order valence-electron chi connectivity index (χ2n) is 7.90. The van der Waals surface area contributed by atoms with E-state index < -0.39 is 0 Å². The molecule has 2 amide bonds. The Balaban J connectivity index is 1.27. The Hall–Kier alpha value is -2.86. The summed E-state index contributed by atoms with van der Waals surface area (Å²) in [5, 5.41) is 13.7. The lowest BCUT2D eigenvalue weighted by Crippen LogP contribution is -2.50. The highest BCUT2D eigenvalue weighted by Gasteiger charge is 2.48. The van der Waals surface area contributed by atoms with E-state index in [1.54, 1.807) is 23.1 Å². The number of nitrogens with one attached hydrogen (secondary N) is 1. The Morgan fingerprint density at radius 2 is 1.93 bits per heavy atom. The summed E-state index contributed by atoms with van der Waals surface area (Å²) in [7, 11) is 0. The number of urea groups is 1. The number of fused-ring (bicyclic) bond motifs is 3. The maximum Gasteiger partial charge on any atom is 0.338 e. The summed E-state index contributed by atoms with van der Waals surface area (Å²) in [6.07, 6.45) is 1.82. The third-order valence-electron chi connectivity index (χ3n) is 6.48. The zero-order chi connectivity index (χ0) is 19.3. The van der Waals surface area contributed by atoms with Gasteiger partial charge in [-0.05, 0) is 48.6 Å². The van der Waals surface area contributed by atoms with E-state index in [4.69, 9.17) is 4.74 Å². The van der Waals surface area contributed by atoms with Crippen molar-refractivity contribution in [2.75, 3.05) is 18.4 Å². The van der Waals surface area contributed by atoms with Crippen LogP contribution in [0, 0.1) is 0 Å². The molecule has 1 atom stereocenters. The molecule has 0 unspecified atom stereocenters. The van der Waals surface area contributed by atoms with Gasteiger partial charge < -0.3 is 20.1 Å². The van der Waals surface area contributed by atoms with Crippen LogP contribution in [0.3, 0.4) is 0 Å². The van der Waals surface area contributed by atoms with Gasteiger partial charge in [-0.3, -0.25) is 0 Å². The number of carbonyl (C=O) groups is 2. The minimum Gasteiger partial charge on any atom is -0.457 e. The number of hydrogen-bond donors (Lipinski definition) is 2. The standard InChI is InChI=1S/C22H22N2O4/c25-19-12-14-3-1-2-4-18(14)22(19)7-9-24(10-8-22)21(27)23-16-5-6-17-15(11-16)13-28-20(17)26/h1-6,11,19,25H,7-10,12-13H2,(H,23,27)/t19-/m0/s1. The minimum absolute atomic E-state index is 0.152. The fourth-order valence-electron chi connectivity index (χ4n) is 4.89. The summed E-state index contributed by atoms with van der Waals surface area (Å²) in [5.74, 6) is -0.315. The second kappa shape index (κ2) is 6.34. The molecule has 2 N–H and O–H groups in total. The SMILES string of the molecule is O=C1OCc2cc(NC(=O)N3CCC4(CC3)c3ccccc3C[C@@H]4O)ccc21. The number of aliphatic hydroxyl groups excluding tert-OH is 1. The van der Waals surface area contributed by atoms with E-state index in [-0.39, 0.29) is 30.1 Å². The highest BCUT2D eigenvalue weighted by Crippen LogP contribution is 2.46. The predicted molar refractivity (Wildman–Crippen MR) is 103 cm³/mol. The highest BCUT2D eigenvalue weighted by atomic mass is 16.5. The number of carbonyl (C=O) groups excluding carboxylic acids is 2. The first kappa shape index (κ1) is 17.3. The minimum atomic E-state index is -0.385. The maximum atomic E-state index is 12.7. The van der Waals surface area contributed by atoms with Crippen LogP contribution in [0.4, 0.5) is 10.5 Å². The van der Waals surface area contributed by atoms with Crippen LogP contribution in [-0.2, 0) is 23.2 Å². The number of piperidine rings is 1. The van der Waals surface area contributed by atoms with Gasteiger partial charge in [0.15, 0.2) is 0 Å². The number of anilines is 1. The van der Waals surface area contributed by atoms with E-state index >= 15 is 0 Å². The van der Waals surface area contributed by atoms with Crippen LogP contribution < -0.4 is 5.32 Å². The molecule has 6 nitrogen and oxygen atoms in total. The van der Waals surface area contributed by atoms with Crippen LogP contribution in [-0.4, -0.2) is 41.2 Å². The van der Waals surface area contributed by atoms with E-state index in [9.17, 15) is 14.7 Å². The largest absolute Gasteiger partial charge is 0.457 e. The first-order valence-corrected chi connectivity index (χ1v) is 9.69. The van der Waals surface area contributed by atoms with Gasteiger partial charge in [-0.2, -0.15) is 0 Å². The van der Waals surface area contributed by atoms with Gasteiger partial charge in [0.05, 0.1) is 11.7 Å². The van der Waals surface area contributed by atoms with Crippen LogP contribution >= 0.6 is 0 Å². The molecule has 1 saturated heterocycles. The molecule has 2 aromatic carbocycles. The lowest BCUT2D eigenvalue weighted by Gasteiger charge is -2.42. The summed E-state index contributed by atoms with van der Waals surface area (Å²) in [5.41, 5.74) is 4.25. The molecule has 2 aliphatic heterocycles. The van der Waals surface area contributed by atoms with E-state index in [2.05, 4.69) is 17.4 Å². The topological polar surface area (TPSA) is 78.9 Å². The highest BCUT2D eigenvalue weighted by molar-refractivity contribution is 5.95. The Bertz CT molecular complexity index is 963. The lowest BCUT2D eigenvalue weighted by atomic mass is 9.72. The molecule has 0 radical (unpaired) electrons. The van der Waals surface area contributed by atoms with Crippen molar-refractivity contribution in [3.63, 3.8) is 0 Å². The zero-order valence-corrected chi connectivity index (χ0v) is 15.5. The molecule has 0 aromatic heterocycles. The van der Waals surface area contributed by atoms with Crippen molar-refractivity contribution >= 4 is 17.7 Å². The molecular formula is C22H22N2O4. The van der Waals surface area contributed by atoms with Crippen LogP contribution in [0.15, 0.2) is 42.5 Å². The number of hydrogen-bond acceptors (Lipinski definition) is 4. The summed E-state index contributed by atoms with van der Waals surface area (Å²) in [6, 6.07) is 13.3. The Morgan fingerprint density at radius 1 is 1.14 bits per heavy atom. The molecule has 1 fully saturated rings. The molecule has 2 heterocycles. The number of rotatable bonds is 1. The molecule has 2 aromatic rings. The van der Waals surface area contributed by atoms with E-state index in [1.165, 1.54) is 11.1 Å². The fourth-order valence-corrected chi connectivity index (χ4v) is 4.89. The molecule has 28 heavy (non-hydrogen) atoms. The van der Waals surface area contributed by atoms with Crippen LogP contribution in [0.2, 0.25) is 0 Å². The van der Waals surface area contributed by atoms with E-state index in [1.807, 2.05) is 12.1 Å². The third-order valence-corrected chi connectivity index (χ3v) is 6.48. The smallest absolute Gasteiger partial charge is 0.338 e. The van der Waals surface area contributed by atoms with Crippen molar-refractivity contribution in [2.24, 2.45) is 0 Å². The quantitative estimate of drug-likeness (QED) is 0.748. The predicted octanol–water partition coefficient (Wildman–Crippen LogP) is 2.84. The summed E-state index contributed by atoms with van der Waals surface area (Å²) in [4.78, 5) is 26.1. The average Bonchev–Trinajstić information content (AvgIpc) is 3.20. The van der Waals surface area contributed by atoms with Crippen LogP contribution in [0.25, 0.3) is 0 Å². The zero-order valence-electron chi connectivity index (χ0n) is 15.5. The first-order valence-electron chi connectivity index (χ1n) is 9.69. The summed E-state index contributed by atoms with van der Waals surface area (Å²) >= 11 is 0. The fraction of sp³-hybridized carbons (Fsp3) is 0.364. The lowest BCUT2D eigenvalue weighted by molar-refractivity contribution is 0.0530. The number of ether oxygens (including phenoxy) is 1. The Morgan fingerprint density at radius 3 is 2.75 bits per heavy atom. The molecule has 1 spiro atoms. The van der Waals surface area contributed by atoms with Crippen molar-refractivity contribution < 1.29 is 19.4 Å². The Labute approximate surface area is 163 Å². The number of amides is 2. The molecule has 0 bridgehead atoms. The van der Waals surface area contributed by atoms with Crippen LogP contribution in [0.5, 0.6) is 0 Å². The number of cyclic esters (lactones) is 1. The monoisotopic (exact) mass is 378 g/mol. The number of esters is 1. The van der Waals surface area contributed by atoms with Gasteiger partial charge in [0, 0.05) is 29.8 Å². The van der Waals surface area contributed by atoms with Gasteiger partial charge in [0.2, 0.25) is 0 Å². The van der Waals surface area contributed by atoms with Gasteiger partial charge in [-0.1, -0.05) is 24.3 Å². The van der Waals surface area contributed by atoms with Gasteiger partial charge in [-0.25, -0.2) is 9.59 Å². The summed E-state index contributed by atoms with van der Waals surface area (Å²) in [6.45, 7) is 1.45. The molecule has 5 rings (SSSR count). The van der Waals surface area contributed by atoms with Gasteiger partial charge >= 0.3 is 12.0 Å². The normalized spacial score (nSPS) is 22.0. The second-order valence-corrected chi connectivity index (χ2v) is 7.90. The van der Waals surface area contributed by atoms with Crippen molar-refractivity contribution in [1.29, 1.82) is 0 Å². The van der Waals surface area contributed by atoms with Crippen molar-refractivity contribution in [1.82, 2.24) is 4.90 Å². The number of likely N-dealkylation sites (tertiary alicyclic amines) is 1. The van der Waals surface area contributed by atoms with Crippen molar-refractivity contribution in [3.8, 4) is 0 Å². The van der Waals surface area contributed by atoms with Crippen LogP contribution in [0.1, 0.15) is 39.9 Å². The number of aliphatic hydroxyl groups is 1. The number of nitrogens with zero attached hydrogens (tertiary/aromatic N) is 1. The van der Waals surface area contributed by atoms with Crippen molar-refractivity contribution in [3.05, 3.63) is 64.7 Å². The molecule has 6 heteroatoms. The molecule has 1 aliphatic carbocycles. The maximum absolute atomic E-state index is 12.7. The molecular weight excluding hydrogens is 356 g/mol. The molecule has 3 aliphatic rings. The van der Waals surface area contributed by atoms with Gasteiger partial charge in [0.25, 0.3) is 0 Å². The molecule has 0 saturated carbocycles. The van der Waals surface area contributed by atoms with Crippen molar-refractivity contribution in [2.45, 2.75) is 37.4 Å². The Kier molecular flexibility index (Phi) is 3.91. The average molecular weight is 378 g/mol. The van der Waals surface area contributed by atoms with E-state index in [0.717, 1.165) is 18.4 Å².